The first-order valence-electron chi connectivity index (χ1n) is 10.3. The molecule has 1 aromatic rings. The molecule has 8 nitrogen and oxygen atoms in total. The number of esters is 1. The minimum atomic E-state index is -0.822. The number of hydrogen-bond donors (Lipinski definition) is 0. The number of methoxy groups -OCH3 is 1. The molecule has 0 bridgehead atoms. The molecule has 0 aliphatic carbocycles. The van der Waals surface area contributed by atoms with Crippen LogP contribution in [0.1, 0.15) is 53.0 Å². The van der Waals surface area contributed by atoms with Gasteiger partial charge < -0.3 is 23.5 Å². The maximum atomic E-state index is 11.8. The van der Waals surface area contributed by atoms with E-state index in [1.165, 1.54) is 14.0 Å². The van der Waals surface area contributed by atoms with E-state index in [2.05, 4.69) is 4.74 Å². The van der Waals surface area contributed by atoms with E-state index < -0.39 is 36.4 Å². The van der Waals surface area contributed by atoms with Crippen molar-refractivity contribution in [1.82, 2.24) is 0 Å². The van der Waals surface area contributed by atoms with Crippen molar-refractivity contribution >= 4 is 30.5 Å². The van der Waals surface area contributed by atoms with Crippen LogP contribution < -0.4 is 5.46 Å². The minimum Gasteiger partial charge on any atom is -0.468 e. The first-order chi connectivity index (χ1) is 14.5. The lowest BCUT2D eigenvalue weighted by atomic mass is 9.79. The van der Waals surface area contributed by atoms with Gasteiger partial charge in [-0.25, -0.2) is 4.79 Å². The standard InChI is InChI=1S/C22H31BO8/c1-15(19(25)27-6)18(24)8-7-13-28-20(26)29-14-16-9-11-17(12-10-16)23-30-21(2,3)22(4,5)31-23/h9-12,15H,7-8,13-14H2,1-6H3. The molecule has 1 heterocycles. The highest BCUT2D eigenvalue weighted by atomic mass is 16.7. The lowest BCUT2D eigenvalue weighted by Gasteiger charge is -2.32. The Hall–Kier alpha value is -2.39. The van der Waals surface area contributed by atoms with Gasteiger partial charge in [0.1, 0.15) is 18.3 Å². The molecule has 1 unspecified atom stereocenters. The smallest absolute Gasteiger partial charge is 0.468 e. The summed E-state index contributed by atoms with van der Waals surface area (Å²) < 4.78 is 26.6. The maximum Gasteiger partial charge on any atom is 0.508 e. The van der Waals surface area contributed by atoms with E-state index in [0.29, 0.717) is 6.42 Å². The number of ketones is 1. The summed E-state index contributed by atoms with van der Waals surface area (Å²) in [5.74, 6) is -1.65. The molecule has 1 aliphatic rings. The van der Waals surface area contributed by atoms with Gasteiger partial charge in [-0.2, -0.15) is 0 Å². The summed E-state index contributed by atoms with van der Waals surface area (Å²) in [6.45, 7) is 9.56. The molecule has 170 valence electrons. The Labute approximate surface area is 183 Å². The summed E-state index contributed by atoms with van der Waals surface area (Å²) in [6.07, 6.45) is -0.398. The van der Waals surface area contributed by atoms with Crippen molar-refractivity contribution in [2.24, 2.45) is 5.92 Å². The van der Waals surface area contributed by atoms with Crippen molar-refractivity contribution in [2.75, 3.05) is 13.7 Å². The molecule has 1 aromatic carbocycles. The van der Waals surface area contributed by atoms with Gasteiger partial charge in [-0.1, -0.05) is 24.3 Å². The summed E-state index contributed by atoms with van der Waals surface area (Å²) in [6, 6.07) is 7.42. The molecule has 2 rings (SSSR count). The van der Waals surface area contributed by atoms with Crippen LogP contribution in [0.5, 0.6) is 0 Å². The fourth-order valence-corrected chi connectivity index (χ4v) is 2.86. The van der Waals surface area contributed by atoms with Crippen molar-refractivity contribution in [3.63, 3.8) is 0 Å². The largest absolute Gasteiger partial charge is 0.508 e. The van der Waals surface area contributed by atoms with Crippen molar-refractivity contribution < 1.29 is 37.9 Å². The van der Waals surface area contributed by atoms with E-state index in [0.717, 1.165) is 11.0 Å². The van der Waals surface area contributed by atoms with E-state index in [4.69, 9.17) is 18.8 Å². The van der Waals surface area contributed by atoms with Crippen molar-refractivity contribution in [1.29, 1.82) is 0 Å². The van der Waals surface area contributed by atoms with Gasteiger partial charge >= 0.3 is 19.2 Å². The fourth-order valence-electron chi connectivity index (χ4n) is 2.86. The normalized spacial score (nSPS) is 17.7. The minimum absolute atomic E-state index is 0.0271. The quantitative estimate of drug-likeness (QED) is 0.253. The Morgan fingerprint density at radius 1 is 1.00 bits per heavy atom. The first kappa shape index (κ1) is 24.9. The second-order valence-corrected chi connectivity index (χ2v) is 8.53. The summed E-state index contributed by atoms with van der Waals surface area (Å²) in [5.41, 5.74) is 0.853. The molecular formula is C22H31BO8. The van der Waals surface area contributed by atoms with Crippen molar-refractivity contribution in [3.05, 3.63) is 29.8 Å². The number of ether oxygens (including phenoxy) is 3. The second kappa shape index (κ2) is 10.3. The van der Waals surface area contributed by atoms with Crippen molar-refractivity contribution in [2.45, 2.75) is 65.3 Å². The van der Waals surface area contributed by atoms with E-state index in [-0.39, 0.29) is 25.4 Å². The van der Waals surface area contributed by atoms with Gasteiger partial charge in [-0.3, -0.25) is 9.59 Å². The lowest BCUT2D eigenvalue weighted by molar-refractivity contribution is -0.148. The topological polar surface area (TPSA) is 97.4 Å². The predicted octanol–water partition coefficient (Wildman–Crippen LogP) is 2.80. The highest BCUT2D eigenvalue weighted by molar-refractivity contribution is 6.62. The zero-order valence-electron chi connectivity index (χ0n) is 19.1. The fraction of sp³-hybridized carbons (Fsp3) is 0.591. The third-order valence-corrected chi connectivity index (χ3v) is 5.69. The van der Waals surface area contributed by atoms with E-state index in [1.807, 2.05) is 52.0 Å². The van der Waals surface area contributed by atoms with Gasteiger partial charge in [0.25, 0.3) is 0 Å². The Kier molecular flexibility index (Phi) is 8.25. The van der Waals surface area contributed by atoms with Gasteiger partial charge in [-0.05, 0) is 52.1 Å². The van der Waals surface area contributed by atoms with Gasteiger partial charge in [-0.15, -0.1) is 0 Å². The third kappa shape index (κ3) is 6.55. The van der Waals surface area contributed by atoms with Crippen LogP contribution in [0.3, 0.4) is 0 Å². The molecule has 1 atom stereocenters. The Balaban J connectivity index is 1.71. The summed E-state index contributed by atoms with van der Waals surface area (Å²) in [5, 5.41) is 0. The molecule has 1 aliphatic heterocycles. The molecular weight excluding hydrogens is 403 g/mol. The van der Waals surface area contributed by atoms with Crippen LogP contribution >= 0.6 is 0 Å². The summed E-state index contributed by atoms with van der Waals surface area (Å²) >= 11 is 0. The lowest BCUT2D eigenvalue weighted by Crippen LogP contribution is -2.41. The molecule has 31 heavy (non-hydrogen) atoms. The zero-order valence-corrected chi connectivity index (χ0v) is 19.1. The second-order valence-electron chi connectivity index (χ2n) is 8.53. The molecule has 0 saturated carbocycles. The molecule has 0 aromatic heterocycles. The highest BCUT2D eigenvalue weighted by Crippen LogP contribution is 2.36. The maximum absolute atomic E-state index is 11.8. The molecule has 0 radical (unpaired) electrons. The molecule has 0 N–H and O–H groups in total. The molecule has 9 heteroatoms. The number of carbonyl (C=O) groups is 3. The van der Waals surface area contributed by atoms with Crippen LogP contribution in [0.25, 0.3) is 0 Å². The number of benzene rings is 1. The third-order valence-electron chi connectivity index (χ3n) is 5.69. The van der Waals surface area contributed by atoms with Gasteiger partial charge in [0, 0.05) is 6.42 Å². The number of carbonyl (C=O) groups excluding carboxylic acids is 3. The zero-order chi connectivity index (χ0) is 23.2. The number of hydrogen-bond acceptors (Lipinski definition) is 8. The molecule has 0 amide bonds. The number of Topliss-reactive ketones (excluding diaryl/α,β-unsaturated/α-hetero) is 1. The van der Waals surface area contributed by atoms with Crippen LogP contribution in [0, 0.1) is 5.92 Å². The van der Waals surface area contributed by atoms with Crippen LogP contribution in [0.15, 0.2) is 24.3 Å². The van der Waals surface area contributed by atoms with Crippen LogP contribution in [-0.2, 0) is 39.7 Å². The SMILES string of the molecule is COC(=O)C(C)C(=O)CCCOC(=O)OCc1ccc(B2OC(C)(C)C(C)(C)O2)cc1. The van der Waals surface area contributed by atoms with E-state index >= 15 is 0 Å². The van der Waals surface area contributed by atoms with E-state index in [9.17, 15) is 14.4 Å². The summed E-state index contributed by atoms with van der Waals surface area (Å²) in [7, 11) is 0.783. The molecule has 1 fully saturated rings. The predicted molar refractivity (Wildman–Crippen MR) is 114 cm³/mol. The Morgan fingerprint density at radius 2 is 1.58 bits per heavy atom. The van der Waals surface area contributed by atoms with Gasteiger partial charge in [0.2, 0.25) is 0 Å². The highest BCUT2D eigenvalue weighted by Gasteiger charge is 2.51. The van der Waals surface area contributed by atoms with Crippen LogP contribution in [0.2, 0.25) is 0 Å². The van der Waals surface area contributed by atoms with Crippen LogP contribution in [-0.4, -0.2) is 49.9 Å². The van der Waals surface area contributed by atoms with Crippen molar-refractivity contribution in [3.8, 4) is 0 Å². The number of rotatable bonds is 9. The average molecular weight is 434 g/mol. The van der Waals surface area contributed by atoms with Gasteiger partial charge in [0.15, 0.2) is 0 Å². The summed E-state index contributed by atoms with van der Waals surface area (Å²) in [4.78, 5) is 34.8. The average Bonchev–Trinajstić information content (AvgIpc) is 2.95. The van der Waals surface area contributed by atoms with Gasteiger partial charge in [0.05, 0.1) is 24.9 Å². The van der Waals surface area contributed by atoms with E-state index in [1.54, 1.807) is 0 Å². The molecule has 0 spiro atoms. The first-order valence-corrected chi connectivity index (χ1v) is 10.3. The molecule has 1 saturated heterocycles. The Bertz CT molecular complexity index is 771. The Morgan fingerprint density at radius 3 is 2.13 bits per heavy atom. The monoisotopic (exact) mass is 434 g/mol. The van der Waals surface area contributed by atoms with Crippen LogP contribution in [0.4, 0.5) is 4.79 Å².